The minimum absolute atomic E-state index is 0.0179. The van der Waals surface area contributed by atoms with Crippen molar-refractivity contribution in [1.82, 2.24) is 9.80 Å². The van der Waals surface area contributed by atoms with E-state index in [2.05, 4.69) is 0 Å². The summed E-state index contributed by atoms with van der Waals surface area (Å²) in [6, 6.07) is -0.426. The molecule has 0 aliphatic rings. The van der Waals surface area contributed by atoms with Crippen molar-refractivity contribution in [3.63, 3.8) is 0 Å². The van der Waals surface area contributed by atoms with E-state index in [1.54, 1.807) is 11.9 Å². The summed E-state index contributed by atoms with van der Waals surface area (Å²) in [6.45, 7) is 7.52. The van der Waals surface area contributed by atoms with Gasteiger partial charge >= 0.3 is 0 Å². The van der Waals surface area contributed by atoms with E-state index >= 15 is 0 Å². The monoisotopic (exact) mass is 215 g/mol. The Morgan fingerprint density at radius 2 is 1.67 bits per heavy atom. The van der Waals surface area contributed by atoms with Gasteiger partial charge in [-0.3, -0.25) is 4.79 Å². The first-order valence-corrected chi connectivity index (χ1v) is 5.31. The van der Waals surface area contributed by atoms with Crippen LogP contribution in [-0.4, -0.2) is 56.0 Å². The quantitative estimate of drug-likeness (QED) is 0.737. The number of hydrogen-bond donors (Lipinski definition) is 1. The normalized spacial score (nSPS) is 14.1. The van der Waals surface area contributed by atoms with Crippen LogP contribution in [0.15, 0.2) is 0 Å². The van der Waals surface area contributed by atoms with Gasteiger partial charge in [-0.05, 0) is 19.5 Å². The highest BCUT2D eigenvalue weighted by atomic mass is 16.2. The molecule has 4 heteroatoms. The lowest BCUT2D eigenvalue weighted by Gasteiger charge is -2.30. The van der Waals surface area contributed by atoms with Crippen LogP contribution in [0, 0.1) is 5.41 Å². The van der Waals surface area contributed by atoms with Gasteiger partial charge in [0.25, 0.3) is 0 Å². The Morgan fingerprint density at radius 3 is 2.00 bits per heavy atom. The highest BCUT2D eigenvalue weighted by molar-refractivity contribution is 5.82. The summed E-state index contributed by atoms with van der Waals surface area (Å²) >= 11 is 0. The molecule has 0 aliphatic carbocycles. The van der Waals surface area contributed by atoms with Crippen molar-refractivity contribution in [2.24, 2.45) is 11.1 Å². The van der Waals surface area contributed by atoms with Gasteiger partial charge in [-0.1, -0.05) is 20.8 Å². The van der Waals surface area contributed by atoms with Crippen LogP contribution in [0.5, 0.6) is 0 Å². The summed E-state index contributed by atoms with van der Waals surface area (Å²) in [6.07, 6.45) is 0. The molecule has 1 atom stereocenters. The Morgan fingerprint density at radius 1 is 1.20 bits per heavy atom. The minimum Gasteiger partial charge on any atom is -0.343 e. The van der Waals surface area contributed by atoms with Crippen molar-refractivity contribution in [3.05, 3.63) is 0 Å². The fourth-order valence-electron chi connectivity index (χ4n) is 1.07. The van der Waals surface area contributed by atoms with Crippen LogP contribution >= 0.6 is 0 Å². The van der Waals surface area contributed by atoms with Crippen molar-refractivity contribution in [3.8, 4) is 0 Å². The van der Waals surface area contributed by atoms with Crippen molar-refractivity contribution < 1.29 is 4.79 Å². The number of hydrogen-bond acceptors (Lipinski definition) is 3. The van der Waals surface area contributed by atoms with Gasteiger partial charge in [0.1, 0.15) is 0 Å². The number of carbonyl (C=O) groups is 1. The van der Waals surface area contributed by atoms with Gasteiger partial charge in [-0.2, -0.15) is 0 Å². The number of nitrogens with two attached hydrogens (primary N) is 1. The molecule has 15 heavy (non-hydrogen) atoms. The van der Waals surface area contributed by atoms with Crippen LogP contribution in [-0.2, 0) is 4.79 Å². The highest BCUT2D eigenvalue weighted by Gasteiger charge is 2.29. The summed E-state index contributed by atoms with van der Waals surface area (Å²) in [5.41, 5.74) is 5.72. The SMILES string of the molecule is CN(C)CCN(C)C(=O)[C@@H](N)C(C)(C)C. The van der Waals surface area contributed by atoms with E-state index in [4.69, 9.17) is 5.73 Å². The first-order valence-electron chi connectivity index (χ1n) is 5.31. The summed E-state index contributed by atoms with van der Waals surface area (Å²) in [7, 11) is 5.78. The van der Waals surface area contributed by atoms with Gasteiger partial charge in [0.2, 0.25) is 5.91 Å². The number of likely N-dealkylation sites (N-methyl/N-ethyl adjacent to an activating group) is 2. The van der Waals surface area contributed by atoms with Crippen molar-refractivity contribution in [1.29, 1.82) is 0 Å². The van der Waals surface area contributed by atoms with Crippen molar-refractivity contribution >= 4 is 5.91 Å². The highest BCUT2D eigenvalue weighted by Crippen LogP contribution is 2.18. The molecular weight excluding hydrogens is 190 g/mol. The molecule has 0 fully saturated rings. The van der Waals surface area contributed by atoms with Crippen molar-refractivity contribution in [2.45, 2.75) is 26.8 Å². The fourth-order valence-corrected chi connectivity index (χ4v) is 1.07. The topological polar surface area (TPSA) is 49.6 Å². The van der Waals surface area contributed by atoms with Gasteiger partial charge in [0.05, 0.1) is 6.04 Å². The Labute approximate surface area is 93.4 Å². The second-order valence-corrected chi connectivity index (χ2v) is 5.41. The zero-order valence-electron chi connectivity index (χ0n) is 10.9. The summed E-state index contributed by atoms with van der Waals surface area (Å²) < 4.78 is 0. The molecule has 0 saturated carbocycles. The van der Waals surface area contributed by atoms with Crippen LogP contribution < -0.4 is 5.73 Å². The molecule has 4 nitrogen and oxygen atoms in total. The molecule has 0 radical (unpaired) electrons. The van der Waals surface area contributed by atoms with E-state index < -0.39 is 6.04 Å². The molecule has 0 spiro atoms. The predicted molar refractivity (Wildman–Crippen MR) is 63.6 cm³/mol. The molecular formula is C11H25N3O. The maximum atomic E-state index is 11.9. The number of nitrogens with zero attached hydrogens (tertiary/aromatic N) is 2. The standard InChI is InChI=1S/C11H25N3O/c1-11(2,3)9(12)10(15)14(6)8-7-13(4)5/h9H,7-8,12H2,1-6H3/t9-/m1/s1. The molecule has 0 aromatic carbocycles. The van der Waals surface area contributed by atoms with E-state index in [1.807, 2.05) is 39.8 Å². The van der Waals surface area contributed by atoms with E-state index in [0.717, 1.165) is 13.1 Å². The van der Waals surface area contributed by atoms with Gasteiger partial charge in [-0.25, -0.2) is 0 Å². The third-order valence-electron chi connectivity index (χ3n) is 2.46. The van der Waals surface area contributed by atoms with E-state index in [9.17, 15) is 4.79 Å². The molecule has 2 N–H and O–H groups in total. The summed E-state index contributed by atoms with van der Waals surface area (Å²) in [5, 5.41) is 0. The lowest BCUT2D eigenvalue weighted by Crippen LogP contribution is -2.50. The maximum absolute atomic E-state index is 11.9. The summed E-state index contributed by atoms with van der Waals surface area (Å²) in [5.74, 6) is 0.0179. The van der Waals surface area contributed by atoms with Crippen LogP contribution in [0.4, 0.5) is 0 Å². The van der Waals surface area contributed by atoms with Crippen LogP contribution in [0.2, 0.25) is 0 Å². The van der Waals surface area contributed by atoms with Gasteiger partial charge in [0, 0.05) is 20.1 Å². The minimum atomic E-state index is -0.426. The van der Waals surface area contributed by atoms with Gasteiger partial charge in [0.15, 0.2) is 0 Å². The molecule has 0 bridgehead atoms. The summed E-state index contributed by atoms with van der Waals surface area (Å²) in [4.78, 5) is 15.6. The second-order valence-electron chi connectivity index (χ2n) is 5.41. The third-order valence-corrected chi connectivity index (χ3v) is 2.46. The van der Waals surface area contributed by atoms with E-state index in [-0.39, 0.29) is 11.3 Å². The number of amides is 1. The van der Waals surface area contributed by atoms with Crippen LogP contribution in [0.3, 0.4) is 0 Å². The predicted octanol–water partition coefficient (Wildman–Crippen LogP) is 0.380. The first-order chi connectivity index (χ1) is 6.66. The van der Waals surface area contributed by atoms with Crippen LogP contribution in [0.1, 0.15) is 20.8 Å². The largest absolute Gasteiger partial charge is 0.343 e. The molecule has 0 unspecified atom stereocenters. The molecule has 0 aromatic rings. The average Bonchev–Trinajstić information content (AvgIpc) is 2.10. The van der Waals surface area contributed by atoms with Gasteiger partial charge < -0.3 is 15.5 Å². The molecule has 0 saturated heterocycles. The Bertz CT molecular complexity index is 208. The second kappa shape index (κ2) is 5.47. The first kappa shape index (κ1) is 14.4. The molecule has 1 amide bonds. The molecule has 0 aromatic heterocycles. The zero-order chi connectivity index (χ0) is 12.2. The number of carbonyl (C=O) groups excluding carboxylic acids is 1. The Kier molecular flexibility index (Phi) is 5.24. The van der Waals surface area contributed by atoms with Crippen molar-refractivity contribution in [2.75, 3.05) is 34.2 Å². The van der Waals surface area contributed by atoms with Gasteiger partial charge in [-0.15, -0.1) is 0 Å². The molecule has 90 valence electrons. The zero-order valence-corrected chi connectivity index (χ0v) is 10.9. The Hall–Kier alpha value is -0.610. The van der Waals surface area contributed by atoms with E-state index in [0.29, 0.717) is 0 Å². The van der Waals surface area contributed by atoms with E-state index in [1.165, 1.54) is 0 Å². The lowest BCUT2D eigenvalue weighted by molar-refractivity contribution is -0.133. The average molecular weight is 215 g/mol. The molecule has 0 heterocycles. The molecule has 0 aliphatic heterocycles. The Balaban J connectivity index is 4.20. The third kappa shape index (κ3) is 5.14. The lowest BCUT2D eigenvalue weighted by atomic mass is 9.86. The smallest absolute Gasteiger partial charge is 0.239 e. The molecule has 0 rings (SSSR count). The maximum Gasteiger partial charge on any atom is 0.239 e. The fraction of sp³-hybridized carbons (Fsp3) is 0.909. The van der Waals surface area contributed by atoms with Crippen LogP contribution in [0.25, 0.3) is 0 Å². The number of rotatable bonds is 4.